The Kier molecular flexibility index (Phi) is 9.24. The molecule has 7 nitrogen and oxygen atoms in total. The van der Waals surface area contributed by atoms with Gasteiger partial charge in [-0.05, 0) is 82.6 Å². The zero-order valence-electron chi connectivity index (χ0n) is 20.4. The first-order valence-corrected chi connectivity index (χ1v) is 12.0. The molecular weight excluding hydrogens is 426 g/mol. The summed E-state index contributed by atoms with van der Waals surface area (Å²) in [7, 11) is 2.17. The summed E-state index contributed by atoms with van der Waals surface area (Å²) in [6, 6.07) is 15.1. The number of carbonyl (C=O) groups is 2. The summed E-state index contributed by atoms with van der Waals surface area (Å²) in [5.41, 5.74) is 8.75. The molecule has 1 saturated heterocycles. The maximum Gasteiger partial charge on any atom is 0.248 e. The number of rotatable bonds is 10. The molecule has 2 atom stereocenters. The Hall–Kier alpha value is -3.16. The molecule has 1 aliphatic heterocycles. The van der Waals surface area contributed by atoms with Crippen LogP contribution in [-0.4, -0.2) is 48.9 Å². The molecule has 2 unspecified atom stereocenters. The van der Waals surface area contributed by atoms with Crippen LogP contribution in [0.5, 0.6) is 0 Å². The van der Waals surface area contributed by atoms with Gasteiger partial charge in [-0.2, -0.15) is 0 Å². The number of benzene rings is 2. The van der Waals surface area contributed by atoms with E-state index >= 15 is 0 Å². The van der Waals surface area contributed by atoms with Crippen molar-refractivity contribution in [1.82, 2.24) is 15.5 Å². The number of para-hydroxylation sites is 2. The molecule has 2 aromatic carbocycles. The van der Waals surface area contributed by atoms with E-state index in [0.29, 0.717) is 17.4 Å². The zero-order valence-corrected chi connectivity index (χ0v) is 20.4. The molecule has 0 spiro atoms. The van der Waals surface area contributed by atoms with Crippen LogP contribution in [-0.2, 0) is 9.59 Å². The lowest BCUT2D eigenvalue weighted by Crippen LogP contribution is -2.41. The van der Waals surface area contributed by atoms with Crippen LogP contribution in [0.1, 0.15) is 50.3 Å². The van der Waals surface area contributed by atoms with Gasteiger partial charge in [-0.25, -0.2) is 0 Å². The first-order valence-electron chi connectivity index (χ1n) is 12.0. The van der Waals surface area contributed by atoms with Crippen LogP contribution in [0.3, 0.4) is 0 Å². The average molecular weight is 464 g/mol. The second-order valence-corrected chi connectivity index (χ2v) is 9.19. The summed E-state index contributed by atoms with van der Waals surface area (Å²) in [6.07, 6.45) is 6.69. The van der Waals surface area contributed by atoms with Crippen LogP contribution < -0.4 is 21.7 Å². The molecule has 182 valence electrons. The molecule has 7 heteroatoms. The van der Waals surface area contributed by atoms with Crippen molar-refractivity contribution >= 4 is 29.3 Å². The minimum Gasteiger partial charge on any atom is -0.397 e. The lowest BCUT2D eigenvalue weighted by atomic mass is 10.0. The van der Waals surface area contributed by atoms with E-state index in [1.54, 1.807) is 18.2 Å². The predicted octanol–water partition coefficient (Wildman–Crippen LogP) is 3.56. The van der Waals surface area contributed by atoms with Crippen LogP contribution in [0.4, 0.5) is 11.4 Å². The third-order valence-corrected chi connectivity index (χ3v) is 6.11. The molecule has 34 heavy (non-hydrogen) atoms. The molecule has 0 aromatic heterocycles. The lowest BCUT2D eigenvalue weighted by molar-refractivity contribution is -0.123. The molecule has 2 amide bonds. The van der Waals surface area contributed by atoms with Crippen molar-refractivity contribution < 1.29 is 9.59 Å². The van der Waals surface area contributed by atoms with E-state index in [-0.39, 0.29) is 17.9 Å². The van der Waals surface area contributed by atoms with Crippen molar-refractivity contribution in [1.29, 1.82) is 0 Å². The van der Waals surface area contributed by atoms with Crippen molar-refractivity contribution in [3.63, 3.8) is 0 Å². The van der Waals surface area contributed by atoms with Crippen molar-refractivity contribution in [2.75, 3.05) is 31.2 Å². The Bertz CT molecular complexity index is 987. The maximum absolute atomic E-state index is 12.9. The van der Waals surface area contributed by atoms with Gasteiger partial charge in [0.2, 0.25) is 11.8 Å². The van der Waals surface area contributed by atoms with E-state index in [1.165, 1.54) is 18.9 Å². The maximum atomic E-state index is 12.9. The number of nitrogens with one attached hydrogen (secondary N) is 3. The van der Waals surface area contributed by atoms with E-state index < -0.39 is 6.04 Å². The van der Waals surface area contributed by atoms with Crippen molar-refractivity contribution in [3.05, 3.63) is 65.7 Å². The predicted molar refractivity (Wildman–Crippen MR) is 139 cm³/mol. The Morgan fingerprint density at radius 3 is 2.53 bits per heavy atom. The Labute approximate surface area is 202 Å². The molecular formula is C27H37N5O2. The summed E-state index contributed by atoms with van der Waals surface area (Å²) in [6.45, 7) is 5.85. The number of carbonyl (C=O) groups excluding carboxylic acids is 2. The first kappa shape index (κ1) is 25.5. The van der Waals surface area contributed by atoms with Crippen LogP contribution in [0.2, 0.25) is 0 Å². The number of nitrogen functional groups attached to an aromatic ring is 1. The highest BCUT2D eigenvalue weighted by molar-refractivity contribution is 6.03. The molecule has 0 radical (unpaired) electrons. The minimum absolute atomic E-state index is 0.0297. The highest BCUT2D eigenvalue weighted by Crippen LogP contribution is 2.20. The van der Waals surface area contributed by atoms with Gasteiger partial charge in [-0.1, -0.05) is 36.4 Å². The molecule has 5 N–H and O–H groups in total. The normalized spacial score (nSPS) is 17.2. The van der Waals surface area contributed by atoms with Crippen molar-refractivity contribution in [3.8, 4) is 0 Å². The van der Waals surface area contributed by atoms with Gasteiger partial charge in [-0.15, -0.1) is 0 Å². The van der Waals surface area contributed by atoms with Crippen LogP contribution >= 0.6 is 0 Å². The Balaban J connectivity index is 1.62. The quantitative estimate of drug-likeness (QED) is 0.319. The van der Waals surface area contributed by atoms with Crippen molar-refractivity contribution in [2.24, 2.45) is 0 Å². The van der Waals surface area contributed by atoms with Gasteiger partial charge in [0, 0.05) is 18.2 Å². The summed E-state index contributed by atoms with van der Waals surface area (Å²) >= 11 is 0. The number of hydrogen-bond donors (Lipinski definition) is 4. The van der Waals surface area contributed by atoms with Gasteiger partial charge < -0.3 is 26.6 Å². The van der Waals surface area contributed by atoms with Gasteiger partial charge in [0.25, 0.3) is 0 Å². The molecule has 1 fully saturated rings. The zero-order chi connectivity index (χ0) is 24.5. The van der Waals surface area contributed by atoms with E-state index in [0.717, 1.165) is 30.6 Å². The number of hydrogen-bond acceptors (Lipinski definition) is 5. The number of anilines is 2. The monoisotopic (exact) mass is 463 g/mol. The van der Waals surface area contributed by atoms with Crippen LogP contribution in [0.25, 0.3) is 6.08 Å². The largest absolute Gasteiger partial charge is 0.397 e. The fraction of sp³-hybridized carbons (Fsp3) is 0.407. The van der Waals surface area contributed by atoms with Gasteiger partial charge in [0.05, 0.1) is 11.4 Å². The highest BCUT2D eigenvalue weighted by atomic mass is 16.2. The molecule has 0 bridgehead atoms. The number of likely N-dealkylation sites (tertiary alicyclic amines) is 1. The molecule has 1 aliphatic rings. The topological polar surface area (TPSA) is 99.5 Å². The van der Waals surface area contributed by atoms with Gasteiger partial charge in [0.1, 0.15) is 6.04 Å². The van der Waals surface area contributed by atoms with E-state index in [9.17, 15) is 9.59 Å². The van der Waals surface area contributed by atoms with Gasteiger partial charge in [0.15, 0.2) is 0 Å². The average Bonchev–Trinajstić information content (AvgIpc) is 3.21. The second-order valence-electron chi connectivity index (χ2n) is 9.19. The second kappa shape index (κ2) is 12.3. The van der Waals surface area contributed by atoms with E-state index in [1.807, 2.05) is 50.2 Å². The van der Waals surface area contributed by atoms with Gasteiger partial charge >= 0.3 is 0 Å². The Morgan fingerprint density at radius 1 is 1.15 bits per heavy atom. The van der Waals surface area contributed by atoms with E-state index in [4.69, 9.17) is 5.73 Å². The third kappa shape index (κ3) is 7.43. The molecule has 0 saturated carbocycles. The Morgan fingerprint density at radius 2 is 1.88 bits per heavy atom. The molecule has 0 aliphatic carbocycles. The van der Waals surface area contributed by atoms with E-state index in [2.05, 4.69) is 27.9 Å². The summed E-state index contributed by atoms with van der Waals surface area (Å²) in [4.78, 5) is 27.5. The fourth-order valence-electron chi connectivity index (χ4n) is 4.22. The number of nitrogens with two attached hydrogens (primary N) is 1. The molecule has 1 heterocycles. The summed E-state index contributed by atoms with van der Waals surface area (Å²) in [5, 5.41) is 9.26. The molecule has 3 rings (SSSR count). The first-order chi connectivity index (χ1) is 16.3. The lowest BCUT2D eigenvalue weighted by Gasteiger charge is -2.23. The van der Waals surface area contributed by atoms with Crippen LogP contribution in [0, 0.1) is 0 Å². The highest BCUT2D eigenvalue weighted by Gasteiger charge is 2.23. The number of amides is 2. The SMILES string of the molecule is CC(C)NC(=O)C(NCCC1CCCN1C)c1ccc(C=CC(=O)Nc2ccccc2N)cc1. The fourth-order valence-corrected chi connectivity index (χ4v) is 4.22. The minimum atomic E-state index is -0.420. The van der Waals surface area contributed by atoms with Crippen LogP contribution in [0.15, 0.2) is 54.6 Å². The standard InChI is InChI=1S/C27H37N5O2/c1-19(2)30-27(34)26(29-17-16-22-7-6-18-32(22)3)21-13-10-20(11-14-21)12-15-25(33)31-24-9-5-4-8-23(24)28/h4-5,8-15,19,22,26,29H,6-7,16-18,28H2,1-3H3,(H,30,34)(H,31,33). The molecule has 2 aromatic rings. The summed E-state index contributed by atoms with van der Waals surface area (Å²) < 4.78 is 0. The number of nitrogens with zero attached hydrogens (tertiary/aromatic N) is 1. The summed E-state index contributed by atoms with van der Waals surface area (Å²) in [5.74, 6) is -0.285. The van der Waals surface area contributed by atoms with Gasteiger partial charge in [-0.3, -0.25) is 9.59 Å². The van der Waals surface area contributed by atoms with Crippen molar-refractivity contribution in [2.45, 2.75) is 51.2 Å². The third-order valence-electron chi connectivity index (χ3n) is 6.11. The smallest absolute Gasteiger partial charge is 0.248 e.